The minimum Gasteiger partial charge on any atom is -0.493 e. The number of aromatic nitrogens is 4. The summed E-state index contributed by atoms with van der Waals surface area (Å²) in [7, 11) is 3.13. The van der Waals surface area contributed by atoms with Crippen molar-refractivity contribution in [3.63, 3.8) is 0 Å². The van der Waals surface area contributed by atoms with E-state index in [1.807, 2.05) is 36.4 Å². The van der Waals surface area contributed by atoms with E-state index in [0.717, 1.165) is 11.1 Å². The molecule has 0 aliphatic carbocycles. The SMILES string of the molecule is COc1ccc(C2C(C(=O)OCc3ccccc3)=C(C)Nc3nnnn32)cc1OC. The molecule has 0 radical (unpaired) electrons. The number of carbonyl (C=O) groups excluding carboxylic acids is 1. The summed E-state index contributed by atoms with van der Waals surface area (Å²) in [5.41, 5.74) is 2.69. The van der Waals surface area contributed by atoms with Gasteiger partial charge >= 0.3 is 5.97 Å². The molecule has 2 heterocycles. The van der Waals surface area contributed by atoms with Gasteiger partial charge < -0.3 is 19.5 Å². The number of carbonyl (C=O) groups is 1. The minimum absolute atomic E-state index is 0.164. The van der Waals surface area contributed by atoms with Crippen LogP contribution in [0.2, 0.25) is 0 Å². The number of tetrazole rings is 1. The lowest BCUT2D eigenvalue weighted by Crippen LogP contribution is -2.29. The highest BCUT2D eigenvalue weighted by atomic mass is 16.5. The quantitative estimate of drug-likeness (QED) is 0.623. The molecule has 0 spiro atoms. The van der Waals surface area contributed by atoms with Crippen LogP contribution >= 0.6 is 0 Å². The second-order valence-electron chi connectivity index (χ2n) is 6.69. The van der Waals surface area contributed by atoms with Crippen LogP contribution in [-0.2, 0) is 16.1 Å². The van der Waals surface area contributed by atoms with E-state index in [1.54, 1.807) is 38.0 Å². The lowest BCUT2D eigenvalue weighted by Gasteiger charge is -2.27. The van der Waals surface area contributed by atoms with Gasteiger partial charge in [0.2, 0.25) is 5.95 Å². The fourth-order valence-electron chi connectivity index (χ4n) is 3.41. The highest BCUT2D eigenvalue weighted by Crippen LogP contribution is 2.38. The zero-order valence-electron chi connectivity index (χ0n) is 16.8. The maximum atomic E-state index is 13.1. The van der Waals surface area contributed by atoms with Crippen LogP contribution in [0.1, 0.15) is 24.1 Å². The standard InChI is InChI=1S/C21H21N5O4/c1-13-18(20(27)30-12-14-7-5-4-6-8-14)19(26-21(22-13)23-24-25-26)15-9-10-16(28-2)17(11-15)29-3/h4-11,19H,12H2,1-3H3,(H,22,23,25). The summed E-state index contributed by atoms with van der Waals surface area (Å²) in [5, 5.41) is 14.9. The molecule has 1 aliphatic rings. The lowest BCUT2D eigenvalue weighted by molar-refractivity contribution is -0.140. The molecule has 4 rings (SSSR count). The molecular weight excluding hydrogens is 386 g/mol. The molecule has 3 aromatic rings. The Morgan fingerprint density at radius 1 is 1.10 bits per heavy atom. The van der Waals surface area contributed by atoms with Gasteiger partial charge in [0, 0.05) is 5.70 Å². The van der Waals surface area contributed by atoms with E-state index in [4.69, 9.17) is 14.2 Å². The number of ether oxygens (including phenoxy) is 3. The smallest absolute Gasteiger partial charge is 0.338 e. The predicted octanol–water partition coefficient (Wildman–Crippen LogP) is 2.72. The molecule has 1 atom stereocenters. The molecule has 30 heavy (non-hydrogen) atoms. The summed E-state index contributed by atoms with van der Waals surface area (Å²) in [6.45, 7) is 1.96. The third-order valence-corrected chi connectivity index (χ3v) is 4.87. The number of nitrogens with zero attached hydrogens (tertiary/aromatic N) is 4. The number of rotatable bonds is 6. The number of benzene rings is 2. The minimum atomic E-state index is -0.584. The number of hydrogen-bond donors (Lipinski definition) is 1. The molecule has 1 N–H and O–H groups in total. The lowest BCUT2D eigenvalue weighted by atomic mass is 9.95. The molecule has 9 heteroatoms. The van der Waals surface area contributed by atoms with E-state index < -0.39 is 12.0 Å². The summed E-state index contributed by atoms with van der Waals surface area (Å²) in [5.74, 6) is 1.11. The Morgan fingerprint density at radius 3 is 2.60 bits per heavy atom. The van der Waals surface area contributed by atoms with Crippen molar-refractivity contribution in [2.24, 2.45) is 0 Å². The van der Waals surface area contributed by atoms with Gasteiger partial charge in [-0.3, -0.25) is 0 Å². The molecule has 1 aliphatic heterocycles. The van der Waals surface area contributed by atoms with E-state index in [1.165, 1.54) is 0 Å². The molecular formula is C21H21N5O4. The van der Waals surface area contributed by atoms with Crippen LogP contribution in [0.4, 0.5) is 5.95 Å². The molecule has 0 saturated heterocycles. The summed E-state index contributed by atoms with van der Waals surface area (Å²) in [6, 6.07) is 14.4. The van der Waals surface area contributed by atoms with Crippen molar-refractivity contribution < 1.29 is 19.0 Å². The highest BCUT2D eigenvalue weighted by Gasteiger charge is 2.35. The third-order valence-electron chi connectivity index (χ3n) is 4.87. The topological polar surface area (TPSA) is 100 Å². The first-order valence-electron chi connectivity index (χ1n) is 9.31. The molecule has 0 amide bonds. The zero-order chi connectivity index (χ0) is 21.1. The van der Waals surface area contributed by atoms with Gasteiger partial charge in [-0.2, -0.15) is 4.68 Å². The molecule has 0 fully saturated rings. The number of esters is 1. The Kier molecular flexibility index (Phi) is 5.34. The normalized spacial score (nSPS) is 15.2. The second-order valence-corrected chi connectivity index (χ2v) is 6.69. The van der Waals surface area contributed by atoms with Crippen molar-refractivity contribution in [3.05, 3.63) is 70.9 Å². The molecule has 0 saturated carbocycles. The van der Waals surface area contributed by atoms with Crippen molar-refractivity contribution in [1.82, 2.24) is 20.2 Å². The molecule has 0 bridgehead atoms. The van der Waals surface area contributed by atoms with Crippen molar-refractivity contribution >= 4 is 11.9 Å². The van der Waals surface area contributed by atoms with Crippen LogP contribution in [0.3, 0.4) is 0 Å². The average Bonchev–Trinajstić information content (AvgIpc) is 3.24. The second kappa shape index (κ2) is 8.24. The van der Waals surface area contributed by atoms with E-state index in [2.05, 4.69) is 20.8 Å². The zero-order valence-corrected chi connectivity index (χ0v) is 16.8. The predicted molar refractivity (Wildman–Crippen MR) is 108 cm³/mol. The molecule has 154 valence electrons. The van der Waals surface area contributed by atoms with Gasteiger partial charge in [-0.1, -0.05) is 41.5 Å². The molecule has 1 aromatic heterocycles. The summed E-state index contributed by atoms with van der Waals surface area (Å²) < 4.78 is 17.9. The van der Waals surface area contributed by atoms with Crippen molar-refractivity contribution in [2.45, 2.75) is 19.6 Å². The van der Waals surface area contributed by atoms with Gasteiger partial charge in [-0.25, -0.2) is 4.79 Å². The summed E-state index contributed by atoms with van der Waals surface area (Å²) in [6.07, 6.45) is 0. The largest absolute Gasteiger partial charge is 0.493 e. The van der Waals surface area contributed by atoms with Crippen molar-refractivity contribution in [2.75, 3.05) is 19.5 Å². The first-order chi connectivity index (χ1) is 14.6. The van der Waals surface area contributed by atoms with Crippen LogP contribution in [0.15, 0.2) is 59.8 Å². The van der Waals surface area contributed by atoms with Gasteiger partial charge in [0.25, 0.3) is 0 Å². The van der Waals surface area contributed by atoms with E-state index >= 15 is 0 Å². The van der Waals surface area contributed by atoms with E-state index in [-0.39, 0.29) is 6.61 Å². The summed E-state index contributed by atoms with van der Waals surface area (Å²) in [4.78, 5) is 13.1. The van der Waals surface area contributed by atoms with E-state index in [0.29, 0.717) is 28.7 Å². The number of fused-ring (bicyclic) bond motifs is 1. The third kappa shape index (κ3) is 3.57. The Morgan fingerprint density at radius 2 is 1.87 bits per heavy atom. The van der Waals surface area contributed by atoms with Gasteiger partial charge in [-0.15, -0.1) is 0 Å². The number of anilines is 1. The Balaban J connectivity index is 1.71. The monoisotopic (exact) mass is 407 g/mol. The van der Waals surface area contributed by atoms with Crippen LogP contribution in [0, 0.1) is 0 Å². The van der Waals surface area contributed by atoms with Crippen LogP contribution in [0.5, 0.6) is 11.5 Å². The maximum absolute atomic E-state index is 13.1. The first kappa shape index (κ1) is 19.4. The molecule has 1 unspecified atom stereocenters. The number of nitrogens with one attached hydrogen (secondary N) is 1. The molecule has 9 nitrogen and oxygen atoms in total. The van der Waals surface area contributed by atoms with Crippen molar-refractivity contribution in [1.29, 1.82) is 0 Å². The van der Waals surface area contributed by atoms with Gasteiger partial charge in [0.15, 0.2) is 11.5 Å². The number of hydrogen-bond acceptors (Lipinski definition) is 8. The fraction of sp³-hybridized carbons (Fsp3) is 0.238. The van der Waals surface area contributed by atoms with Crippen molar-refractivity contribution in [3.8, 4) is 11.5 Å². The Bertz CT molecular complexity index is 1090. The van der Waals surface area contributed by atoms with Crippen LogP contribution in [0.25, 0.3) is 0 Å². The number of allylic oxidation sites excluding steroid dienone is 1. The number of methoxy groups -OCH3 is 2. The van der Waals surface area contributed by atoms with Crippen LogP contribution < -0.4 is 14.8 Å². The van der Waals surface area contributed by atoms with Gasteiger partial charge in [-0.05, 0) is 40.6 Å². The fourth-order valence-corrected chi connectivity index (χ4v) is 3.41. The van der Waals surface area contributed by atoms with Gasteiger partial charge in [0.1, 0.15) is 12.6 Å². The maximum Gasteiger partial charge on any atom is 0.338 e. The molecule has 2 aromatic carbocycles. The average molecular weight is 407 g/mol. The van der Waals surface area contributed by atoms with Crippen LogP contribution in [-0.4, -0.2) is 40.4 Å². The van der Waals surface area contributed by atoms with Gasteiger partial charge in [0.05, 0.1) is 19.8 Å². The summed E-state index contributed by atoms with van der Waals surface area (Å²) >= 11 is 0. The highest BCUT2D eigenvalue weighted by molar-refractivity contribution is 5.92. The Hall–Kier alpha value is -3.88. The first-order valence-corrected chi connectivity index (χ1v) is 9.31. The van der Waals surface area contributed by atoms with E-state index in [9.17, 15) is 4.79 Å². The Labute approximate surface area is 173 Å².